The molecule has 1 atom stereocenters. The molecule has 2 aromatic rings. The summed E-state index contributed by atoms with van der Waals surface area (Å²) in [4.78, 5) is 27.1. The first-order valence-electron chi connectivity index (χ1n) is 9.57. The van der Waals surface area contributed by atoms with Crippen LogP contribution >= 0.6 is 27.5 Å². The lowest BCUT2D eigenvalue weighted by molar-refractivity contribution is -0.139. The van der Waals surface area contributed by atoms with Gasteiger partial charge in [0.15, 0.2) is 0 Å². The Balaban J connectivity index is 2.37. The summed E-state index contributed by atoms with van der Waals surface area (Å²) in [5, 5.41) is 3.06. The molecule has 31 heavy (non-hydrogen) atoms. The van der Waals surface area contributed by atoms with E-state index < -0.39 is 28.5 Å². The molecule has 0 heterocycles. The third kappa shape index (κ3) is 7.22. The summed E-state index contributed by atoms with van der Waals surface area (Å²) in [5.41, 5.74) is 1.08. The van der Waals surface area contributed by atoms with Gasteiger partial charge in [-0.25, -0.2) is 8.42 Å². The molecule has 2 aromatic carbocycles. The summed E-state index contributed by atoms with van der Waals surface area (Å²) in [6, 6.07) is 12.8. The second kappa shape index (κ2) is 11.0. The van der Waals surface area contributed by atoms with Crippen LogP contribution in [0.1, 0.15) is 19.4 Å². The van der Waals surface area contributed by atoms with Crippen molar-refractivity contribution in [1.82, 2.24) is 10.2 Å². The molecule has 0 bridgehead atoms. The Morgan fingerprint density at radius 3 is 2.35 bits per heavy atom. The van der Waals surface area contributed by atoms with E-state index in [2.05, 4.69) is 21.2 Å². The van der Waals surface area contributed by atoms with Crippen LogP contribution in [0.25, 0.3) is 0 Å². The third-order valence-electron chi connectivity index (χ3n) is 4.56. The molecule has 0 spiro atoms. The lowest BCUT2D eigenvalue weighted by Crippen LogP contribution is -2.51. The molecule has 0 radical (unpaired) electrons. The number of nitrogens with zero attached hydrogens (tertiary/aromatic N) is 2. The molecule has 0 unspecified atom stereocenters. The average molecular weight is 531 g/mol. The van der Waals surface area contributed by atoms with Gasteiger partial charge in [0.2, 0.25) is 21.8 Å². The number of rotatable bonds is 9. The Hall–Kier alpha value is -2.10. The second-order valence-corrected chi connectivity index (χ2v) is 10.2. The summed E-state index contributed by atoms with van der Waals surface area (Å²) >= 11 is 9.38. The van der Waals surface area contributed by atoms with Crippen molar-refractivity contribution in [3.8, 4) is 0 Å². The Labute approximate surface area is 196 Å². The van der Waals surface area contributed by atoms with E-state index in [9.17, 15) is 18.0 Å². The number of carbonyl (C=O) groups excluding carboxylic acids is 2. The normalized spacial score (nSPS) is 12.2. The Morgan fingerprint density at radius 1 is 1.16 bits per heavy atom. The summed E-state index contributed by atoms with van der Waals surface area (Å²) in [5.74, 6) is -0.825. The summed E-state index contributed by atoms with van der Waals surface area (Å²) < 4.78 is 26.7. The number of benzene rings is 2. The van der Waals surface area contributed by atoms with Crippen molar-refractivity contribution in [3.63, 3.8) is 0 Å². The molecule has 0 saturated heterocycles. The molecule has 10 heteroatoms. The van der Waals surface area contributed by atoms with Crippen LogP contribution in [0, 0.1) is 0 Å². The first kappa shape index (κ1) is 25.2. The van der Waals surface area contributed by atoms with Crippen molar-refractivity contribution in [1.29, 1.82) is 0 Å². The van der Waals surface area contributed by atoms with Crippen molar-refractivity contribution in [2.75, 3.05) is 23.7 Å². The van der Waals surface area contributed by atoms with Crippen LogP contribution in [0.15, 0.2) is 53.0 Å². The van der Waals surface area contributed by atoms with Crippen molar-refractivity contribution >= 4 is 55.1 Å². The highest BCUT2D eigenvalue weighted by Gasteiger charge is 2.29. The summed E-state index contributed by atoms with van der Waals surface area (Å²) in [6.45, 7) is 3.51. The largest absolute Gasteiger partial charge is 0.355 e. The minimum atomic E-state index is -3.78. The van der Waals surface area contributed by atoms with Crippen molar-refractivity contribution in [2.24, 2.45) is 0 Å². The third-order valence-corrected chi connectivity index (χ3v) is 6.46. The number of anilines is 1. The van der Waals surface area contributed by atoms with Crippen molar-refractivity contribution < 1.29 is 18.0 Å². The van der Waals surface area contributed by atoms with Gasteiger partial charge in [-0.15, -0.1) is 0 Å². The zero-order valence-electron chi connectivity index (χ0n) is 17.5. The molecular formula is C21H25BrClN3O4S. The SMILES string of the molecule is CCNC(=O)[C@@H](C)N(Cc1ccc(Br)cc1)C(=O)CN(c1cccc(Cl)c1)S(C)(=O)=O. The topological polar surface area (TPSA) is 86.8 Å². The van der Waals surface area contributed by atoms with E-state index in [0.717, 1.165) is 20.6 Å². The van der Waals surface area contributed by atoms with Gasteiger partial charge in [0.1, 0.15) is 12.6 Å². The van der Waals surface area contributed by atoms with E-state index in [4.69, 9.17) is 11.6 Å². The molecule has 0 aliphatic heterocycles. The number of amides is 2. The fourth-order valence-corrected chi connectivity index (χ4v) is 4.23. The first-order chi connectivity index (χ1) is 14.5. The van der Waals surface area contributed by atoms with E-state index in [0.29, 0.717) is 11.6 Å². The molecule has 0 aliphatic rings. The second-order valence-electron chi connectivity index (χ2n) is 6.97. The predicted molar refractivity (Wildman–Crippen MR) is 126 cm³/mol. The fourth-order valence-electron chi connectivity index (χ4n) is 2.94. The standard InChI is InChI=1S/C21H25BrClN3O4S/c1-4-24-21(28)15(2)25(13-16-8-10-17(22)11-9-16)20(27)14-26(31(3,29)30)19-7-5-6-18(23)12-19/h5-12,15H,4,13-14H2,1-3H3,(H,24,28)/t15-/m1/s1. The van der Waals surface area contributed by atoms with Gasteiger partial charge in [-0.1, -0.05) is 45.7 Å². The molecule has 0 fully saturated rings. The number of nitrogens with one attached hydrogen (secondary N) is 1. The molecular weight excluding hydrogens is 506 g/mol. The quantitative estimate of drug-likeness (QED) is 0.538. The number of hydrogen-bond donors (Lipinski definition) is 1. The van der Waals surface area contributed by atoms with E-state index in [1.54, 1.807) is 32.0 Å². The zero-order valence-corrected chi connectivity index (χ0v) is 20.7. The molecule has 1 N–H and O–H groups in total. The molecule has 168 valence electrons. The van der Waals surface area contributed by atoms with Gasteiger partial charge >= 0.3 is 0 Å². The predicted octanol–water partition coefficient (Wildman–Crippen LogP) is 3.42. The lowest BCUT2D eigenvalue weighted by atomic mass is 10.1. The van der Waals surface area contributed by atoms with Crippen LogP contribution in [0.5, 0.6) is 0 Å². The summed E-state index contributed by atoms with van der Waals surface area (Å²) in [7, 11) is -3.78. The Bertz CT molecular complexity index is 1030. The number of carbonyl (C=O) groups is 2. The maximum absolute atomic E-state index is 13.3. The number of sulfonamides is 1. The van der Waals surface area contributed by atoms with Crippen LogP contribution < -0.4 is 9.62 Å². The van der Waals surface area contributed by atoms with Gasteiger partial charge < -0.3 is 10.2 Å². The van der Waals surface area contributed by atoms with Gasteiger partial charge in [-0.3, -0.25) is 13.9 Å². The molecule has 0 saturated carbocycles. The van der Waals surface area contributed by atoms with Crippen LogP contribution in [0.4, 0.5) is 5.69 Å². The fraction of sp³-hybridized carbons (Fsp3) is 0.333. The molecule has 2 rings (SSSR count). The molecule has 0 aromatic heterocycles. The van der Waals surface area contributed by atoms with E-state index in [-0.39, 0.29) is 18.1 Å². The molecule has 7 nitrogen and oxygen atoms in total. The van der Waals surface area contributed by atoms with E-state index in [1.165, 1.54) is 11.0 Å². The average Bonchev–Trinajstić information content (AvgIpc) is 2.70. The number of likely N-dealkylation sites (N-methyl/N-ethyl adjacent to an activating group) is 1. The highest BCUT2D eigenvalue weighted by Crippen LogP contribution is 2.22. The van der Waals surface area contributed by atoms with E-state index in [1.807, 2.05) is 24.3 Å². The van der Waals surface area contributed by atoms with Gasteiger partial charge in [-0.2, -0.15) is 0 Å². The maximum Gasteiger partial charge on any atom is 0.244 e. The first-order valence-corrected chi connectivity index (χ1v) is 12.6. The van der Waals surface area contributed by atoms with Crippen LogP contribution in [0.2, 0.25) is 5.02 Å². The maximum atomic E-state index is 13.3. The molecule has 0 aliphatic carbocycles. The Morgan fingerprint density at radius 2 is 1.81 bits per heavy atom. The Kier molecular flexibility index (Phi) is 8.90. The zero-order chi connectivity index (χ0) is 23.2. The van der Waals surface area contributed by atoms with Crippen LogP contribution in [-0.4, -0.2) is 50.5 Å². The minimum Gasteiger partial charge on any atom is -0.355 e. The van der Waals surface area contributed by atoms with Crippen molar-refractivity contribution in [2.45, 2.75) is 26.4 Å². The lowest BCUT2D eigenvalue weighted by Gasteiger charge is -2.31. The monoisotopic (exact) mass is 529 g/mol. The van der Waals surface area contributed by atoms with Gasteiger partial charge in [0, 0.05) is 22.6 Å². The number of halogens is 2. The molecule has 2 amide bonds. The van der Waals surface area contributed by atoms with Gasteiger partial charge in [0.25, 0.3) is 0 Å². The van der Waals surface area contributed by atoms with Crippen LogP contribution in [0.3, 0.4) is 0 Å². The van der Waals surface area contributed by atoms with Gasteiger partial charge in [0.05, 0.1) is 11.9 Å². The smallest absolute Gasteiger partial charge is 0.244 e. The van der Waals surface area contributed by atoms with Gasteiger partial charge in [-0.05, 0) is 49.7 Å². The number of hydrogen-bond acceptors (Lipinski definition) is 4. The summed E-state index contributed by atoms with van der Waals surface area (Å²) in [6.07, 6.45) is 1.02. The highest BCUT2D eigenvalue weighted by molar-refractivity contribution is 9.10. The van der Waals surface area contributed by atoms with Crippen LogP contribution in [-0.2, 0) is 26.2 Å². The van der Waals surface area contributed by atoms with Crippen molar-refractivity contribution in [3.05, 3.63) is 63.6 Å². The minimum absolute atomic E-state index is 0.150. The highest BCUT2D eigenvalue weighted by atomic mass is 79.9. The van der Waals surface area contributed by atoms with E-state index >= 15 is 0 Å².